The van der Waals surface area contributed by atoms with E-state index in [4.69, 9.17) is 84.3 Å². The minimum absolute atomic E-state index is 0.0375. The van der Waals surface area contributed by atoms with E-state index in [1.54, 1.807) is 0 Å². The molecule has 3 fully saturated rings. The minimum atomic E-state index is -4.98. The topological polar surface area (TPSA) is 113 Å². The standard InChI is InChI=1S/C37H50Cl4F6N6O8/c38-28-26(36(42,43)44)30(40)34(52-6-10-54-14-18-58-22-23-59-19-15-55-11-7-52)48-32(28)50-2-1-3-51(5-4-50)33-29(39)27(37(45,46)47)31(41)35(49-33)53-8-12-56-16-20-60-24-25-61-21-17-57-13-9-53/h1-25H2. The van der Waals surface area contributed by atoms with Gasteiger partial charge in [0.15, 0.2) is 23.3 Å². The molecule has 346 valence electrons. The third-order valence-electron chi connectivity index (χ3n) is 9.60. The molecule has 24 heteroatoms. The molecule has 3 saturated heterocycles. The van der Waals surface area contributed by atoms with Gasteiger partial charge in [-0.1, -0.05) is 46.4 Å². The Morgan fingerprint density at radius 2 is 0.541 bits per heavy atom. The third-order valence-corrected chi connectivity index (χ3v) is 11.0. The van der Waals surface area contributed by atoms with Crippen molar-refractivity contribution in [3.8, 4) is 0 Å². The summed E-state index contributed by atoms with van der Waals surface area (Å²) in [7, 11) is 0. The second-order valence-corrected chi connectivity index (χ2v) is 15.2. The van der Waals surface area contributed by atoms with Gasteiger partial charge in [0, 0.05) is 52.4 Å². The van der Waals surface area contributed by atoms with Crippen LogP contribution in [0.3, 0.4) is 0 Å². The first-order valence-corrected chi connectivity index (χ1v) is 21.3. The van der Waals surface area contributed by atoms with Crippen molar-refractivity contribution in [2.45, 2.75) is 18.8 Å². The largest absolute Gasteiger partial charge is 0.419 e. The molecule has 2 aromatic heterocycles. The molecule has 3 aliphatic rings. The normalized spacial score (nSPS) is 20.6. The van der Waals surface area contributed by atoms with Crippen LogP contribution in [0.4, 0.5) is 49.6 Å². The number of pyridine rings is 2. The maximum Gasteiger partial charge on any atom is 0.419 e. The molecule has 0 aliphatic carbocycles. The SMILES string of the molecule is FC(F)(F)c1c(Cl)c(N2CCOCCOCCOCCOCC2)nc(N2CCCN(c3nc(N4CCOCCOCCOCCOCC4)c(Cl)c(C(F)(F)F)c3Cl)CC2)c1Cl. The van der Waals surface area contributed by atoms with Crippen molar-refractivity contribution in [1.82, 2.24) is 9.97 Å². The highest BCUT2D eigenvalue weighted by molar-refractivity contribution is 6.39. The van der Waals surface area contributed by atoms with Crippen molar-refractivity contribution in [3.63, 3.8) is 0 Å². The molecule has 14 nitrogen and oxygen atoms in total. The van der Waals surface area contributed by atoms with E-state index in [0.717, 1.165) is 0 Å². The van der Waals surface area contributed by atoms with E-state index >= 15 is 0 Å². The summed E-state index contributed by atoms with van der Waals surface area (Å²) < 4.78 is 133. The van der Waals surface area contributed by atoms with Gasteiger partial charge in [0.2, 0.25) is 0 Å². The summed E-state index contributed by atoms with van der Waals surface area (Å²) in [6.45, 7) is 4.56. The van der Waals surface area contributed by atoms with Gasteiger partial charge in [-0.2, -0.15) is 26.3 Å². The fraction of sp³-hybridized carbons (Fsp3) is 0.730. The zero-order valence-corrected chi connectivity index (χ0v) is 36.4. The number of aromatic nitrogens is 2. The Kier molecular flexibility index (Phi) is 20.3. The van der Waals surface area contributed by atoms with Gasteiger partial charge in [0.1, 0.15) is 11.1 Å². The van der Waals surface area contributed by atoms with Gasteiger partial charge in [0.05, 0.1) is 126 Å². The fourth-order valence-electron chi connectivity index (χ4n) is 6.58. The molecule has 0 bridgehead atoms. The Balaban J connectivity index is 1.44. The lowest BCUT2D eigenvalue weighted by Crippen LogP contribution is -2.36. The van der Waals surface area contributed by atoms with Crippen LogP contribution in [0.1, 0.15) is 17.5 Å². The van der Waals surface area contributed by atoms with Gasteiger partial charge < -0.3 is 57.5 Å². The summed E-state index contributed by atoms with van der Waals surface area (Å²) >= 11 is 26.0. The van der Waals surface area contributed by atoms with Crippen molar-refractivity contribution in [2.24, 2.45) is 0 Å². The molecule has 3 aliphatic heterocycles. The summed E-state index contributed by atoms with van der Waals surface area (Å²) in [5.74, 6) is -0.805. The molecule has 0 aromatic carbocycles. The van der Waals surface area contributed by atoms with Crippen LogP contribution in [-0.2, 0) is 50.2 Å². The highest BCUT2D eigenvalue weighted by Crippen LogP contribution is 2.48. The van der Waals surface area contributed by atoms with Crippen molar-refractivity contribution in [1.29, 1.82) is 0 Å². The summed E-state index contributed by atoms with van der Waals surface area (Å²) in [5, 5.41) is -2.85. The summed E-state index contributed by atoms with van der Waals surface area (Å²) in [4.78, 5) is 15.4. The molecular weight excluding hydrogens is 912 g/mol. The van der Waals surface area contributed by atoms with Gasteiger partial charge in [-0.15, -0.1) is 0 Å². The first-order valence-electron chi connectivity index (χ1n) is 19.8. The van der Waals surface area contributed by atoms with E-state index in [1.807, 2.05) is 0 Å². The van der Waals surface area contributed by atoms with E-state index < -0.39 is 43.6 Å². The number of halogens is 10. The zero-order valence-electron chi connectivity index (χ0n) is 33.4. The number of ether oxygens (including phenoxy) is 8. The molecule has 0 unspecified atom stereocenters. The van der Waals surface area contributed by atoms with Crippen LogP contribution in [0.5, 0.6) is 0 Å². The number of hydrogen-bond acceptors (Lipinski definition) is 14. The van der Waals surface area contributed by atoms with Crippen molar-refractivity contribution in [2.75, 3.05) is 178 Å². The first kappa shape index (κ1) is 49.9. The van der Waals surface area contributed by atoms with E-state index in [2.05, 4.69) is 9.97 Å². The number of nitrogens with zero attached hydrogens (tertiary/aromatic N) is 6. The van der Waals surface area contributed by atoms with Gasteiger partial charge in [-0.25, -0.2) is 9.97 Å². The fourth-order valence-corrected chi connectivity index (χ4v) is 8.13. The summed E-state index contributed by atoms with van der Waals surface area (Å²) in [6.07, 6.45) is -9.73. The molecule has 0 atom stereocenters. The average molecular weight is 963 g/mol. The van der Waals surface area contributed by atoms with Crippen molar-refractivity contribution >= 4 is 69.7 Å². The van der Waals surface area contributed by atoms with Crippen LogP contribution in [0.2, 0.25) is 20.1 Å². The van der Waals surface area contributed by atoms with E-state index in [9.17, 15) is 26.3 Å². The smallest absolute Gasteiger partial charge is 0.377 e. The second-order valence-electron chi connectivity index (χ2n) is 13.7. The number of alkyl halides is 6. The zero-order chi connectivity index (χ0) is 43.8. The summed E-state index contributed by atoms with van der Waals surface area (Å²) in [5.41, 5.74) is -2.56. The van der Waals surface area contributed by atoms with E-state index in [1.165, 1.54) is 19.6 Å². The van der Waals surface area contributed by atoms with Crippen LogP contribution in [0.25, 0.3) is 0 Å². The number of hydrogen-bond donors (Lipinski definition) is 0. The lowest BCUT2D eigenvalue weighted by atomic mass is 10.2. The predicted molar refractivity (Wildman–Crippen MR) is 219 cm³/mol. The Hall–Kier alpha value is -2.08. The Bertz CT molecular complexity index is 1530. The molecule has 2 aromatic rings. The van der Waals surface area contributed by atoms with Crippen LogP contribution >= 0.6 is 46.4 Å². The Labute approximate surface area is 370 Å². The van der Waals surface area contributed by atoms with Crippen LogP contribution in [-0.4, -0.2) is 168 Å². The quantitative estimate of drug-likeness (QED) is 0.306. The van der Waals surface area contributed by atoms with E-state index in [-0.39, 0.29) is 161 Å². The van der Waals surface area contributed by atoms with Crippen LogP contribution < -0.4 is 19.6 Å². The molecule has 0 radical (unpaired) electrons. The molecule has 0 N–H and O–H groups in total. The third kappa shape index (κ3) is 14.7. The maximum atomic E-state index is 14.8. The highest BCUT2D eigenvalue weighted by atomic mass is 35.5. The molecule has 5 heterocycles. The maximum absolute atomic E-state index is 14.8. The van der Waals surface area contributed by atoms with Crippen molar-refractivity contribution < 1.29 is 64.2 Å². The number of anilines is 4. The molecule has 0 saturated carbocycles. The highest BCUT2D eigenvalue weighted by Gasteiger charge is 2.42. The molecule has 61 heavy (non-hydrogen) atoms. The molecule has 5 rings (SSSR count). The van der Waals surface area contributed by atoms with Crippen LogP contribution in [0.15, 0.2) is 0 Å². The van der Waals surface area contributed by atoms with Crippen molar-refractivity contribution in [3.05, 3.63) is 31.2 Å². The van der Waals surface area contributed by atoms with Gasteiger partial charge >= 0.3 is 12.4 Å². The van der Waals surface area contributed by atoms with E-state index in [0.29, 0.717) is 26.4 Å². The Morgan fingerprint density at radius 3 is 0.770 bits per heavy atom. The molecule has 0 spiro atoms. The molecule has 0 amide bonds. The van der Waals surface area contributed by atoms with Gasteiger partial charge in [-0.05, 0) is 6.42 Å². The van der Waals surface area contributed by atoms with Gasteiger partial charge in [0.25, 0.3) is 0 Å². The summed E-state index contributed by atoms with van der Waals surface area (Å²) in [6, 6.07) is 0. The first-order chi connectivity index (χ1) is 29.3. The minimum Gasteiger partial charge on any atom is -0.377 e. The monoisotopic (exact) mass is 960 g/mol. The lowest BCUT2D eigenvalue weighted by molar-refractivity contribution is -0.138. The number of rotatable bonds is 4. The Morgan fingerprint density at radius 1 is 0.328 bits per heavy atom. The average Bonchev–Trinajstić information content (AvgIpc) is 3.45. The lowest BCUT2D eigenvalue weighted by Gasteiger charge is -2.31. The van der Waals surface area contributed by atoms with Crippen LogP contribution in [0, 0.1) is 0 Å². The second kappa shape index (κ2) is 24.8. The van der Waals surface area contributed by atoms with Gasteiger partial charge in [-0.3, -0.25) is 0 Å². The molecular formula is C37H50Cl4F6N6O8. The predicted octanol–water partition coefficient (Wildman–Crippen LogP) is 6.62.